The van der Waals surface area contributed by atoms with Gasteiger partial charge in [0.1, 0.15) is 17.9 Å². The van der Waals surface area contributed by atoms with E-state index in [1.807, 2.05) is 22.9 Å². The van der Waals surface area contributed by atoms with Crippen LogP contribution in [0, 0.1) is 0 Å². The molecule has 0 radical (unpaired) electrons. The number of furan rings is 1. The van der Waals surface area contributed by atoms with Gasteiger partial charge in [0.2, 0.25) is 0 Å². The molecule has 0 spiro atoms. The Labute approximate surface area is 206 Å². The number of aryl methyl sites for hydroxylation is 1. The molecule has 0 saturated carbocycles. The van der Waals surface area contributed by atoms with Crippen LogP contribution in [0.15, 0.2) is 64.5 Å². The Morgan fingerprint density at radius 2 is 2.12 bits per heavy atom. The summed E-state index contributed by atoms with van der Waals surface area (Å²) < 4.78 is 7.42. The van der Waals surface area contributed by atoms with Crippen molar-refractivity contribution >= 4 is 35.6 Å². The fraction of sp³-hybridized carbons (Fsp3) is 0.435. The second-order valence-corrected chi connectivity index (χ2v) is 7.84. The maximum Gasteiger partial charge on any atom is 0.191 e. The Hall–Kier alpha value is -2.56. The van der Waals surface area contributed by atoms with Crippen molar-refractivity contribution in [3.05, 3.63) is 66.6 Å². The molecular formula is C23H32IN7O. The first-order valence-electron chi connectivity index (χ1n) is 11.0. The predicted octanol–water partition coefficient (Wildman–Crippen LogP) is 3.11. The quantitative estimate of drug-likeness (QED) is 0.185. The van der Waals surface area contributed by atoms with Gasteiger partial charge < -0.3 is 20.0 Å². The van der Waals surface area contributed by atoms with E-state index in [0.29, 0.717) is 0 Å². The van der Waals surface area contributed by atoms with Gasteiger partial charge in [-0.1, -0.05) is 18.2 Å². The summed E-state index contributed by atoms with van der Waals surface area (Å²) in [5.74, 6) is 2.88. The largest absolute Gasteiger partial charge is 0.469 e. The summed E-state index contributed by atoms with van der Waals surface area (Å²) in [5, 5.41) is 11.4. The molecule has 0 saturated heterocycles. The number of aliphatic imine (C=N–C) groups is 1. The van der Waals surface area contributed by atoms with E-state index < -0.39 is 0 Å². The minimum absolute atomic E-state index is 0. The van der Waals surface area contributed by atoms with Gasteiger partial charge in [-0.3, -0.25) is 4.99 Å². The number of rotatable bonds is 9. The highest BCUT2D eigenvalue weighted by Gasteiger charge is 2.20. The van der Waals surface area contributed by atoms with Crippen LogP contribution in [-0.4, -0.2) is 53.4 Å². The molecule has 2 N–H and O–H groups in total. The maximum absolute atomic E-state index is 5.44. The monoisotopic (exact) mass is 549 g/mol. The van der Waals surface area contributed by atoms with Crippen molar-refractivity contribution in [3.8, 4) is 0 Å². The first kappa shape index (κ1) is 24.1. The Morgan fingerprint density at radius 3 is 2.94 bits per heavy atom. The molecule has 1 atom stereocenters. The van der Waals surface area contributed by atoms with E-state index >= 15 is 0 Å². The van der Waals surface area contributed by atoms with Crippen molar-refractivity contribution in [1.29, 1.82) is 0 Å². The molecule has 4 rings (SSSR count). The van der Waals surface area contributed by atoms with E-state index in [9.17, 15) is 0 Å². The number of hydrogen-bond acceptors (Lipinski definition) is 5. The minimum atomic E-state index is 0. The molecule has 2 aromatic heterocycles. The number of nitrogens with zero attached hydrogens (tertiary/aromatic N) is 5. The lowest BCUT2D eigenvalue weighted by Gasteiger charge is -2.25. The second-order valence-electron chi connectivity index (χ2n) is 7.84. The fourth-order valence-corrected chi connectivity index (χ4v) is 3.77. The third kappa shape index (κ3) is 6.98. The zero-order chi connectivity index (χ0) is 21.3. The van der Waals surface area contributed by atoms with Gasteiger partial charge in [0.25, 0.3) is 0 Å². The molecule has 1 aromatic carbocycles. The molecule has 1 unspecified atom stereocenters. The molecule has 172 valence electrons. The summed E-state index contributed by atoms with van der Waals surface area (Å²) in [6, 6.07) is 14.7. The van der Waals surface area contributed by atoms with E-state index in [4.69, 9.17) is 9.41 Å². The number of nitrogens with one attached hydrogen (secondary N) is 2. The molecule has 32 heavy (non-hydrogen) atoms. The molecule has 0 amide bonds. The summed E-state index contributed by atoms with van der Waals surface area (Å²) in [4.78, 5) is 11.4. The van der Waals surface area contributed by atoms with E-state index in [1.165, 1.54) is 5.69 Å². The molecule has 0 bridgehead atoms. The van der Waals surface area contributed by atoms with Crippen molar-refractivity contribution < 1.29 is 4.42 Å². The highest BCUT2D eigenvalue weighted by atomic mass is 127. The van der Waals surface area contributed by atoms with Crippen LogP contribution in [0.2, 0.25) is 0 Å². The number of benzene rings is 1. The average Bonchev–Trinajstić information content (AvgIpc) is 3.48. The van der Waals surface area contributed by atoms with Crippen molar-refractivity contribution in [2.75, 3.05) is 31.6 Å². The third-order valence-corrected chi connectivity index (χ3v) is 5.51. The van der Waals surface area contributed by atoms with E-state index in [1.54, 1.807) is 12.6 Å². The van der Waals surface area contributed by atoms with Crippen LogP contribution in [0.1, 0.15) is 24.4 Å². The van der Waals surface area contributed by atoms with Gasteiger partial charge in [-0.25, -0.2) is 9.67 Å². The lowest BCUT2D eigenvalue weighted by molar-refractivity contribution is 0.392. The summed E-state index contributed by atoms with van der Waals surface area (Å²) in [6.45, 7) is 3.29. The average molecular weight is 549 g/mol. The van der Waals surface area contributed by atoms with E-state index in [2.05, 4.69) is 56.9 Å². The van der Waals surface area contributed by atoms with Gasteiger partial charge >= 0.3 is 0 Å². The summed E-state index contributed by atoms with van der Waals surface area (Å²) >= 11 is 0. The third-order valence-electron chi connectivity index (χ3n) is 5.51. The van der Waals surface area contributed by atoms with Crippen molar-refractivity contribution in [3.63, 3.8) is 0 Å². The van der Waals surface area contributed by atoms with Gasteiger partial charge in [-0.2, -0.15) is 5.10 Å². The van der Waals surface area contributed by atoms with Crippen LogP contribution in [0.25, 0.3) is 0 Å². The van der Waals surface area contributed by atoms with Crippen molar-refractivity contribution in [2.24, 2.45) is 4.99 Å². The zero-order valence-electron chi connectivity index (χ0n) is 18.5. The zero-order valence-corrected chi connectivity index (χ0v) is 20.8. The van der Waals surface area contributed by atoms with Gasteiger partial charge in [-0.15, -0.1) is 24.0 Å². The molecule has 0 fully saturated rings. The first-order chi connectivity index (χ1) is 15.3. The van der Waals surface area contributed by atoms with Crippen molar-refractivity contribution in [1.82, 2.24) is 25.4 Å². The van der Waals surface area contributed by atoms with Crippen molar-refractivity contribution in [2.45, 2.75) is 38.3 Å². The minimum Gasteiger partial charge on any atom is -0.469 e. The summed E-state index contributed by atoms with van der Waals surface area (Å²) in [6.07, 6.45) is 7.10. The predicted molar refractivity (Wildman–Crippen MR) is 138 cm³/mol. The SMILES string of the molecule is CN(CCCN=C(NCCc1ccco1)NC1CCc2ncnn2C1)c1ccccc1.I. The molecule has 1 aliphatic rings. The molecule has 3 heterocycles. The first-order valence-corrected chi connectivity index (χ1v) is 11.0. The van der Waals surface area contributed by atoms with Crippen LogP contribution in [0.4, 0.5) is 5.69 Å². The smallest absolute Gasteiger partial charge is 0.191 e. The van der Waals surface area contributed by atoms with Crippen LogP contribution in [-0.2, 0) is 19.4 Å². The lowest BCUT2D eigenvalue weighted by atomic mass is 10.1. The number of para-hydroxylation sites is 1. The molecule has 0 aliphatic carbocycles. The number of fused-ring (bicyclic) bond motifs is 1. The highest BCUT2D eigenvalue weighted by Crippen LogP contribution is 2.12. The van der Waals surface area contributed by atoms with Crippen LogP contribution in [0.5, 0.6) is 0 Å². The molecule has 1 aliphatic heterocycles. The molecule has 3 aromatic rings. The van der Waals surface area contributed by atoms with E-state index in [-0.39, 0.29) is 30.0 Å². The fourth-order valence-electron chi connectivity index (χ4n) is 3.77. The second kappa shape index (κ2) is 12.5. The molecule has 8 nitrogen and oxygen atoms in total. The van der Waals surface area contributed by atoms with Gasteiger partial charge in [0.15, 0.2) is 5.96 Å². The maximum atomic E-state index is 5.44. The van der Waals surface area contributed by atoms with Gasteiger partial charge in [0.05, 0.1) is 12.8 Å². The Balaban J connectivity index is 0.00000289. The standard InChI is InChI=1S/C23H31N7O.HI/c1-29(20-7-3-2-4-8-20)15-6-13-24-23(25-14-12-21-9-5-16-31-21)28-19-10-11-22-26-18-27-30(22)17-19;/h2-5,7-9,16,18-19H,6,10-15,17H2,1H3,(H2,24,25,28);1H. The summed E-state index contributed by atoms with van der Waals surface area (Å²) in [5.41, 5.74) is 1.23. The topological polar surface area (TPSA) is 83.5 Å². The Morgan fingerprint density at radius 1 is 1.25 bits per heavy atom. The number of aromatic nitrogens is 3. The number of halogens is 1. The molecule has 9 heteroatoms. The van der Waals surface area contributed by atoms with Crippen LogP contribution < -0.4 is 15.5 Å². The number of hydrogen-bond donors (Lipinski definition) is 2. The molecular weight excluding hydrogens is 517 g/mol. The normalized spacial score (nSPS) is 15.5. The Bertz CT molecular complexity index is 942. The lowest BCUT2D eigenvalue weighted by Crippen LogP contribution is -2.47. The van der Waals surface area contributed by atoms with Crippen LogP contribution >= 0.6 is 24.0 Å². The highest BCUT2D eigenvalue weighted by molar-refractivity contribution is 14.0. The van der Waals surface area contributed by atoms with Crippen LogP contribution in [0.3, 0.4) is 0 Å². The van der Waals surface area contributed by atoms with E-state index in [0.717, 1.165) is 69.4 Å². The van der Waals surface area contributed by atoms with Gasteiger partial charge in [0, 0.05) is 51.3 Å². The number of anilines is 1. The number of guanidine groups is 1. The van der Waals surface area contributed by atoms with Gasteiger partial charge in [-0.05, 0) is 37.1 Å². The Kier molecular flexibility index (Phi) is 9.39. The summed E-state index contributed by atoms with van der Waals surface area (Å²) in [7, 11) is 2.12.